The number of amides is 1. The van der Waals surface area contributed by atoms with Crippen LogP contribution in [-0.2, 0) is 16.0 Å². The minimum absolute atomic E-state index is 0.0348. The van der Waals surface area contributed by atoms with E-state index in [1.807, 2.05) is 31.2 Å². The molecule has 1 unspecified atom stereocenters. The predicted molar refractivity (Wildman–Crippen MR) is 71.9 cm³/mol. The Bertz CT molecular complexity index is 467. The maximum atomic E-state index is 12.2. The van der Waals surface area contributed by atoms with Gasteiger partial charge in [-0.05, 0) is 25.3 Å². The zero-order chi connectivity index (χ0) is 13.8. The number of aliphatic carboxylic acids is 1. The molecule has 1 fully saturated rings. The van der Waals surface area contributed by atoms with E-state index >= 15 is 0 Å². The van der Waals surface area contributed by atoms with Gasteiger partial charge in [-0.25, -0.2) is 0 Å². The van der Waals surface area contributed by atoms with Crippen LogP contribution in [0.2, 0.25) is 0 Å². The van der Waals surface area contributed by atoms with Gasteiger partial charge in [0.2, 0.25) is 5.91 Å². The van der Waals surface area contributed by atoms with Gasteiger partial charge in [0.05, 0.1) is 12.8 Å². The molecule has 4 nitrogen and oxygen atoms in total. The van der Waals surface area contributed by atoms with E-state index in [0.717, 1.165) is 18.4 Å². The minimum Gasteiger partial charge on any atom is -0.481 e. The van der Waals surface area contributed by atoms with Crippen LogP contribution in [0.15, 0.2) is 24.3 Å². The van der Waals surface area contributed by atoms with Crippen LogP contribution in [0.25, 0.3) is 0 Å². The third-order valence-corrected chi connectivity index (χ3v) is 3.58. The molecule has 1 heterocycles. The molecule has 1 N–H and O–H groups in total. The summed E-state index contributed by atoms with van der Waals surface area (Å²) in [6.45, 7) is 2.69. The maximum Gasteiger partial charge on any atom is 0.305 e. The predicted octanol–water partition coefficient (Wildman–Crippen LogP) is 2.00. The van der Waals surface area contributed by atoms with Crippen molar-refractivity contribution in [2.24, 2.45) is 0 Å². The zero-order valence-electron chi connectivity index (χ0n) is 11.1. The van der Waals surface area contributed by atoms with Gasteiger partial charge in [-0.3, -0.25) is 9.59 Å². The Morgan fingerprint density at radius 3 is 2.63 bits per heavy atom. The Morgan fingerprint density at radius 1 is 1.32 bits per heavy atom. The molecule has 1 aliphatic heterocycles. The number of hydrogen-bond acceptors (Lipinski definition) is 2. The molecule has 4 heteroatoms. The first-order chi connectivity index (χ1) is 9.06. The van der Waals surface area contributed by atoms with Crippen molar-refractivity contribution >= 4 is 11.9 Å². The summed E-state index contributed by atoms with van der Waals surface area (Å²) in [5.74, 6) is -0.798. The Balaban J connectivity index is 1.98. The van der Waals surface area contributed by atoms with E-state index in [1.54, 1.807) is 4.90 Å². The molecular formula is C15H19NO3. The van der Waals surface area contributed by atoms with Gasteiger partial charge in [0.1, 0.15) is 0 Å². The fourth-order valence-corrected chi connectivity index (χ4v) is 2.56. The van der Waals surface area contributed by atoms with Crippen molar-refractivity contribution in [3.63, 3.8) is 0 Å². The van der Waals surface area contributed by atoms with Crippen molar-refractivity contribution in [1.29, 1.82) is 0 Å². The standard InChI is InChI=1S/C15H19NO3/c1-11-4-6-12(7-5-11)9-14(17)16-8-2-3-13(16)10-15(18)19/h4-7,13H,2-3,8-10H2,1H3,(H,18,19). The maximum absolute atomic E-state index is 12.2. The molecule has 1 aliphatic rings. The van der Waals surface area contributed by atoms with Gasteiger partial charge in [-0.2, -0.15) is 0 Å². The van der Waals surface area contributed by atoms with Crippen LogP contribution in [0.1, 0.15) is 30.4 Å². The van der Waals surface area contributed by atoms with Crippen LogP contribution in [0.3, 0.4) is 0 Å². The normalized spacial score (nSPS) is 18.6. The largest absolute Gasteiger partial charge is 0.481 e. The highest BCUT2D eigenvalue weighted by molar-refractivity contribution is 5.80. The number of benzene rings is 1. The van der Waals surface area contributed by atoms with Crippen molar-refractivity contribution < 1.29 is 14.7 Å². The Kier molecular flexibility index (Phi) is 4.20. The van der Waals surface area contributed by atoms with E-state index in [1.165, 1.54) is 5.56 Å². The summed E-state index contributed by atoms with van der Waals surface area (Å²) in [4.78, 5) is 24.7. The molecule has 0 aromatic heterocycles. The fourth-order valence-electron chi connectivity index (χ4n) is 2.56. The number of hydrogen-bond donors (Lipinski definition) is 1. The second-order valence-corrected chi connectivity index (χ2v) is 5.14. The number of carboxylic acid groups (broad SMARTS) is 1. The topological polar surface area (TPSA) is 57.6 Å². The van der Waals surface area contributed by atoms with Crippen LogP contribution in [0.5, 0.6) is 0 Å². The Morgan fingerprint density at radius 2 is 2.00 bits per heavy atom. The molecule has 19 heavy (non-hydrogen) atoms. The van der Waals surface area contributed by atoms with Gasteiger partial charge in [0.15, 0.2) is 0 Å². The zero-order valence-corrected chi connectivity index (χ0v) is 11.1. The van der Waals surface area contributed by atoms with Gasteiger partial charge < -0.3 is 10.0 Å². The lowest BCUT2D eigenvalue weighted by molar-refractivity contribution is -0.139. The van der Waals surface area contributed by atoms with E-state index in [9.17, 15) is 9.59 Å². The van der Waals surface area contributed by atoms with Crippen molar-refractivity contribution in [2.75, 3.05) is 6.54 Å². The van der Waals surface area contributed by atoms with E-state index in [-0.39, 0.29) is 18.4 Å². The van der Waals surface area contributed by atoms with Gasteiger partial charge in [0, 0.05) is 12.6 Å². The number of likely N-dealkylation sites (tertiary alicyclic amines) is 1. The first-order valence-electron chi connectivity index (χ1n) is 6.63. The molecule has 0 bridgehead atoms. The van der Waals surface area contributed by atoms with Crippen LogP contribution in [-0.4, -0.2) is 34.5 Å². The Labute approximate surface area is 113 Å². The molecule has 0 aliphatic carbocycles. The van der Waals surface area contributed by atoms with Gasteiger partial charge in [-0.1, -0.05) is 29.8 Å². The summed E-state index contributed by atoms with van der Waals surface area (Å²) in [5.41, 5.74) is 2.15. The summed E-state index contributed by atoms with van der Waals surface area (Å²) >= 11 is 0. The van der Waals surface area contributed by atoms with Crippen LogP contribution < -0.4 is 0 Å². The minimum atomic E-state index is -0.833. The SMILES string of the molecule is Cc1ccc(CC(=O)N2CCCC2CC(=O)O)cc1. The van der Waals surface area contributed by atoms with E-state index in [2.05, 4.69) is 0 Å². The number of carboxylic acids is 1. The second-order valence-electron chi connectivity index (χ2n) is 5.14. The number of carbonyl (C=O) groups is 2. The first-order valence-corrected chi connectivity index (χ1v) is 6.63. The summed E-state index contributed by atoms with van der Waals surface area (Å²) in [6, 6.07) is 7.75. The average molecular weight is 261 g/mol. The smallest absolute Gasteiger partial charge is 0.305 e. The fraction of sp³-hybridized carbons (Fsp3) is 0.467. The lowest BCUT2D eigenvalue weighted by atomic mass is 10.1. The number of nitrogens with zero attached hydrogens (tertiary/aromatic N) is 1. The molecule has 0 radical (unpaired) electrons. The second kappa shape index (κ2) is 5.87. The lowest BCUT2D eigenvalue weighted by Gasteiger charge is -2.23. The van der Waals surface area contributed by atoms with Crippen molar-refractivity contribution in [1.82, 2.24) is 4.90 Å². The van der Waals surface area contributed by atoms with Gasteiger partial charge >= 0.3 is 5.97 Å². The molecule has 1 aromatic carbocycles. The summed E-state index contributed by atoms with van der Waals surface area (Å²) in [6.07, 6.45) is 2.11. The summed E-state index contributed by atoms with van der Waals surface area (Å²) in [7, 11) is 0. The van der Waals surface area contributed by atoms with Crippen LogP contribution in [0, 0.1) is 6.92 Å². The monoisotopic (exact) mass is 261 g/mol. The number of carbonyl (C=O) groups excluding carboxylic acids is 1. The Hall–Kier alpha value is -1.84. The van der Waals surface area contributed by atoms with Gasteiger partial charge in [0.25, 0.3) is 0 Å². The molecule has 1 amide bonds. The molecule has 102 valence electrons. The third kappa shape index (κ3) is 3.56. The molecule has 2 rings (SSSR count). The number of rotatable bonds is 4. The van der Waals surface area contributed by atoms with Crippen molar-refractivity contribution in [3.8, 4) is 0 Å². The average Bonchev–Trinajstić information content (AvgIpc) is 2.79. The summed E-state index contributed by atoms with van der Waals surface area (Å²) in [5, 5.41) is 8.86. The van der Waals surface area contributed by atoms with Crippen molar-refractivity contribution in [2.45, 2.75) is 38.6 Å². The lowest BCUT2D eigenvalue weighted by Crippen LogP contribution is -2.37. The summed E-state index contributed by atoms with van der Waals surface area (Å²) < 4.78 is 0. The molecule has 1 saturated heterocycles. The van der Waals surface area contributed by atoms with E-state index in [0.29, 0.717) is 13.0 Å². The number of aryl methyl sites for hydroxylation is 1. The molecular weight excluding hydrogens is 242 g/mol. The molecule has 1 atom stereocenters. The highest BCUT2D eigenvalue weighted by Crippen LogP contribution is 2.21. The van der Waals surface area contributed by atoms with E-state index < -0.39 is 5.97 Å². The molecule has 0 saturated carbocycles. The molecule has 0 spiro atoms. The third-order valence-electron chi connectivity index (χ3n) is 3.58. The van der Waals surface area contributed by atoms with Crippen LogP contribution >= 0.6 is 0 Å². The van der Waals surface area contributed by atoms with Gasteiger partial charge in [-0.15, -0.1) is 0 Å². The van der Waals surface area contributed by atoms with Crippen LogP contribution in [0.4, 0.5) is 0 Å². The highest BCUT2D eigenvalue weighted by Gasteiger charge is 2.29. The highest BCUT2D eigenvalue weighted by atomic mass is 16.4. The van der Waals surface area contributed by atoms with Crippen molar-refractivity contribution in [3.05, 3.63) is 35.4 Å². The van der Waals surface area contributed by atoms with E-state index in [4.69, 9.17) is 5.11 Å². The first kappa shape index (κ1) is 13.6. The quantitative estimate of drug-likeness (QED) is 0.902. The molecule has 1 aromatic rings.